The number of hydrogen-bond acceptors (Lipinski definition) is 4. The first-order valence-electron chi connectivity index (χ1n) is 6.18. The van der Waals surface area contributed by atoms with Gasteiger partial charge in [-0.2, -0.15) is 0 Å². The molecule has 94 valence electrons. The van der Waals surface area contributed by atoms with Crippen LogP contribution >= 0.6 is 0 Å². The zero-order valence-electron chi connectivity index (χ0n) is 10.2. The highest BCUT2D eigenvalue weighted by molar-refractivity contribution is 5.77. The van der Waals surface area contributed by atoms with Crippen LogP contribution in [0.3, 0.4) is 0 Å². The van der Waals surface area contributed by atoms with E-state index in [2.05, 4.69) is 21.0 Å². The highest BCUT2D eigenvalue weighted by atomic mass is 16.5. The largest absolute Gasteiger partial charge is 0.493 e. The van der Waals surface area contributed by atoms with Crippen LogP contribution in [0.25, 0.3) is 22.6 Å². The van der Waals surface area contributed by atoms with Crippen molar-refractivity contribution in [3.8, 4) is 17.1 Å². The second kappa shape index (κ2) is 3.71. The molecule has 0 bridgehead atoms. The Balaban J connectivity index is 1.85. The summed E-state index contributed by atoms with van der Waals surface area (Å²) in [5.41, 5.74) is 9.47. The number of nitrogens with one attached hydrogen (secondary N) is 1. The number of nitrogens with zero attached hydrogens (tertiary/aromatic N) is 2. The van der Waals surface area contributed by atoms with Gasteiger partial charge in [0.15, 0.2) is 5.65 Å². The van der Waals surface area contributed by atoms with Gasteiger partial charge in [0.05, 0.1) is 12.1 Å². The molecule has 1 aliphatic rings. The van der Waals surface area contributed by atoms with Crippen LogP contribution in [0.15, 0.2) is 30.3 Å². The second-order valence-corrected chi connectivity index (χ2v) is 4.61. The van der Waals surface area contributed by atoms with Crippen LogP contribution < -0.4 is 10.5 Å². The molecule has 5 nitrogen and oxygen atoms in total. The summed E-state index contributed by atoms with van der Waals surface area (Å²) in [6, 6.07) is 9.77. The number of hydrogen-bond donors (Lipinski definition) is 2. The number of H-pyrrole nitrogens is 1. The average molecular weight is 252 g/mol. The van der Waals surface area contributed by atoms with E-state index in [9.17, 15) is 0 Å². The average Bonchev–Trinajstić information content (AvgIpc) is 3.02. The molecule has 0 fully saturated rings. The van der Waals surface area contributed by atoms with Crippen LogP contribution in [-0.4, -0.2) is 21.6 Å². The van der Waals surface area contributed by atoms with Gasteiger partial charge in [0, 0.05) is 12.0 Å². The Morgan fingerprint density at radius 1 is 1.16 bits per heavy atom. The SMILES string of the molecule is Nc1ccc2[nH]c(-c3ccc4c(c3)CCO4)nc2n1. The van der Waals surface area contributed by atoms with Crippen LogP contribution in [-0.2, 0) is 6.42 Å². The lowest BCUT2D eigenvalue weighted by Crippen LogP contribution is -1.88. The quantitative estimate of drug-likeness (QED) is 0.695. The first-order valence-corrected chi connectivity index (χ1v) is 6.18. The summed E-state index contributed by atoms with van der Waals surface area (Å²) in [5, 5.41) is 0. The van der Waals surface area contributed by atoms with Crippen molar-refractivity contribution < 1.29 is 4.74 Å². The molecule has 4 rings (SSSR count). The third kappa shape index (κ3) is 1.62. The van der Waals surface area contributed by atoms with Gasteiger partial charge in [-0.3, -0.25) is 0 Å². The molecule has 0 amide bonds. The zero-order valence-corrected chi connectivity index (χ0v) is 10.2. The van der Waals surface area contributed by atoms with Gasteiger partial charge < -0.3 is 15.5 Å². The topological polar surface area (TPSA) is 76.8 Å². The standard InChI is InChI=1S/C14H12N4O/c15-12-4-2-10-14(17-12)18-13(16-10)9-1-3-11-8(7-9)5-6-19-11/h1-4,7H,5-6H2,(H3,15,16,17,18). The number of benzene rings is 1. The molecule has 0 spiro atoms. The molecule has 0 atom stereocenters. The molecule has 3 aromatic rings. The lowest BCUT2D eigenvalue weighted by atomic mass is 10.1. The van der Waals surface area contributed by atoms with E-state index in [1.54, 1.807) is 6.07 Å². The number of ether oxygens (including phenoxy) is 1. The Bertz CT molecular complexity index is 778. The Hall–Kier alpha value is -2.56. The Morgan fingerprint density at radius 2 is 2.11 bits per heavy atom. The molecule has 1 aliphatic heterocycles. The minimum atomic E-state index is 0.480. The second-order valence-electron chi connectivity index (χ2n) is 4.61. The van der Waals surface area contributed by atoms with Crippen molar-refractivity contribution in [2.45, 2.75) is 6.42 Å². The predicted molar refractivity (Wildman–Crippen MR) is 72.9 cm³/mol. The van der Waals surface area contributed by atoms with Gasteiger partial charge in [-0.05, 0) is 35.9 Å². The summed E-state index contributed by atoms with van der Waals surface area (Å²) in [7, 11) is 0. The van der Waals surface area contributed by atoms with Crippen LogP contribution in [0.2, 0.25) is 0 Å². The predicted octanol–water partition coefficient (Wildman–Crippen LogP) is 2.14. The van der Waals surface area contributed by atoms with Crippen molar-refractivity contribution in [3.05, 3.63) is 35.9 Å². The molecule has 2 aromatic heterocycles. The third-order valence-electron chi connectivity index (χ3n) is 3.33. The molecular formula is C14H12N4O. The molecule has 19 heavy (non-hydrogen) atoms. The molecule has 0 saturated carbocycles. The van der Waals surface area contributed by atoms with E-state index >= 15 is 0 Å². The van der Waals surface area contributed by atoms with E-state index in [4.69, 9.17) is 10.5 Å². The van der Waals surface area contributed by atoms with Crippen molar-refractivity contribution in [2.75, 3.05) is 12.3 Å². The van der Waals surface area contributed by atoms with Crippen LogP contribution in [0.4, 0.5) is 5.82 Å². The molecule has 0 aliphatic carbocycles. The van der Waals surface area contributed by atoms with Gasteiger partial charge in [-0.25, -0.2) is 9.97 Å². The molecule has 3 heterocycles. The maximum Gasteiger partial charge on any atom is 0.180 e. The van der Waals surface area contributed by atoms with Crippen LogP contribution in [0.5, 0.6) is 5.75 Å². The highest BCUT2D eigenvalue weighted by Crippen LogP contribution is 2.30. The van der Waals surface area contributed by atoms with Gasteiger partial charge >= 0.3 is 0 Å². The van der Waals surface area contributed by atoms with E-state index in [0.29, 0.717) is 11.5 Å². The van der Waals surface area contributed by atoms with Gasteiger partial charge in [0.2, 0.25) is 0 Å². The normalized spacial score (nSPS) is 13.5. The van der Waals surface area contributed by atoms with E-state index in [0.717, 1.165) is 35.7 Å². The number of nitrogens with two attached hydrogens (primary N) is 1. The zero-order chi connectivity index (χ0) is 12.8. The number of aromatic nitrogens is 3. The van der Waals surface area contributed by atoms with Crippen LogP contribution in [0.1, 0.15) is 5.56 Å². The molecule has 3 N–H and O–H groups in total. The fourth-order valence-corrected chi connectivity index (χ4v) is 2.38. The van der Waals surface area contributed by atoms with Gasteiger partial charge in [-0.15, -0.1) is 0 Å². The highest BCUT2D eigenvalue weighted by Gasteiger charge is 2.14. The van der Waals surface area contributed by atoms with Crippen molar-refractivity contribution >= 4 is 17.0 Å². The molecule has 0 radical (unpaired) electrons. The summed E-state index contributed by atoms with van der Waals surface area (Å²) in [5.74, 6) is 2.26. The number of rotatable bonds is 1. The fraction of sp³-hybridized carbons (Fsp3) is 0.143. The minimum Gasteiger partial charge on any atom is -0.493 e. The van der Waals surface area contributed by atoms with Gasteiger partial charge in [-0.1, -0.05) is 0 Å². The van der Waals surface area contributed by atoms with Crippen LogP contribution in [0, 0.1) is 0 Å². The van der Waals surface area contributed by atoms with E-state index in [1.807, 2.05) is 18.2 Å². The summed E-state index contributed by atoms with van der Waals surface area (Å²) < 4.78 is 5.50. The maximum atomic E-state index is 5.66. The Labute approximate surface area is 109 Å². The summed E-state index contributed by atoms with van der Waals surface area (Å²) >= 11 is 0. The fourth-order valence-electron chi connectivity index (χ4n) is 2.38. The molecule has 5 heteroatoms. The summed E-state index contributed by atoms with van der Waals surface area (Å²) in [6.07, 6.45) is 0.953. The number of nitrogen functional groups attached to an aromatic ring is 1. The van der Waals surface area contributed by atoms with Crippen molar-refractivity contribution in [3.63, 3.8) is 0 Å². The number of aromatic amines is 1. The Morgan fingerprint density at radius 3 is 3.05 bits per heavy atom. The minimum absolute atomic E-state index is 0.480. The van der Waals surface area contributed by atoms with Crippen molar-refractivity contribution in [2.24, 2.45) is 0 Å². The lowest BCUT2D eigenvalue weighted by Gasteiger charge is -2.00. The molecular weight excluding hydrogens is 240 g/mol. The number of imidazole rings is 1. The molecule has 0 unspecified atom stereocenters. The van der Waals surface area contributed by atoms with Gasteiger partial charge in [0.25, 0.3) is 0 Å². The summed E-state index contributed by atoms with van der Waals surface area (Å²) in [6.45, 7) is 0.761. The summed E-state index contributed by atoms with van der Waals surface area (Å²) in [4.78, 5) is 11.9. The van der Waals surface area contributed by atoms with Crippen molar-refractivity contribution in [1.29, 1.82) is 0 Å². The number of pyridine rings is 1. The van der Waals surface area contributed by atoms with E-state index < -0.39 is 0 Å². The molecule has 0 saturated heterocycles. The third-order valence-corrected chi connectivity index (χ3v) is 3.33. The lowest BCUT2D eigenvalue weighted by molar-refractivity contribution is 0.357. The van der Waals surface area contributed by atoms with Crippen molar-refractivity contribution in [1.82, 2.24) is 15.0 Å². The smallest absolute Gasteiger partial charge is 0.180 e. The Kier molecular flexibility index (Phi) is 2.03. The van der Waals surface area contributed by atoms with Gasteiger partial charge in [0.1, 0.15) is 17.4 Å². The van der Waals surface area contributed by atoms with E-state index in [-0.39, 0.29) is 0 Å². The molecule has 1 aromatic carbocycles. The number of fused-ring (bicyclic) bond motifs is 2. The van der Waals surface area contributed by atoms with E-state index in [1.165, 1.54) is 5.56 Å². The maximum absolute atomic E-state index is 5.66. The monoisotopic (exact) mass is 252 g/mol. The first-order chi connectivity index (χ1) is 9.29. The first kappa shape index (κ1) is 10.4. The number of anilines is 1.